The predicted molar refractivity (Wildman–Crippen MR) is 84.7 cm³/mol. The maximum Gasteiger partial charge on any atom is 0.0320 e. The Morgan fingerprint density at radius 1 is 1.22 bits per heavy atom. The van der Waals surface area contributed by atoms with Crippen LogP contribution in [0.5, 0.6) is 0 Å². The van der Waals surface area contributed by atoms with Crippen LogP contribution in [0, 0.1) is 5.92 Å². The molecule has 3 heteroatoms. The molecule has 1 aliphatic carbocycles. The first-order chi connectivity index (χ1) is 8.69. The third-order valence-electron chi connectivity index (χ3n) is 3.94. The second-order valence-electron chi connectivity index (χ2n) is 5.27. The molecular formula is C15H21Br2N. The average Bonchev–Trinajstić information content (AvgIpc) is 2.40. The lowest BCUT2D eigenvalue weighted by Gasteiger charge is -2.29. The van der Waals surface area contributed by atoms with Crippen LogP contribution in [0.2, 0.25) is 0 Å². The molecule has 1 aromatic carbocycles. The fourth-order valence-corrected chi connectivity index (χ4v) is 3.43. The number of nitrogens with one attached hydrogen (secondary N) is 1. The maximum absolute atomic E-state index is 3.71. The van der Waals surface area contributed by atoms with Crippen molar-refractivity contribution in [1.29, 1.82) is 0 Å². The minimum Gasteiger partial charge on any atom is -0.310 e. The van der Waals surface area contributed by atoms with Crippen molar-refractivity contribution < 1.29 is 0 Å². The molecule has 0 aliphatic heterocycles. The van der Waals surface area contributed by atoms with Gasteiger partial charge in [-0.25, -0.2) is 0 Å². The first-order valence-corrected chi connectivity index (χ1v) is 8.45. The van der Waals surface area contributed by atoms with E-state index in [1.54, 1.807) is 0 Å². The number of halogens is 2. The van der Waals surface area contributed by atoms with E-state index in [4.69, 9.17) is 0 Å². The molecule has 100 valence electrons. The standard InChI is InChI=1S/C15H21Br2N/c1-2-11-4-3-5-13(8-11)18-10-12-6-7-14(16)15(17)9-12/h6-7,9,11,13,18H,2-5,8,10H2,1H3. The van der Waals surface area contributed by atoms with Crippen LogP contribution >= 0.6 is 31.9 Å². The van der Waals surface area contributed by atoms with Crippen LogP contribution in [-0.2, 0) is 6.54 Å². The molecule has 1 aromatic rings. The average molecular weight is 375 g/mol. The van der Waals surface area contributed by atoms with E-state index in [0.717, 1.165) is 21.4 Å². The van der Waals surface area contributed by atoms with Gasteiger partial charge in [-0.15, -0.1) is 0 Å². The van der Waals surface area contributed by atoms with E-state index >= 15 is 0 Å². The highest BCUT2D eigenvalue weighted by Crippen LogP contribution is 2.27. The van der Waals surface area contributed by atoms with E-state index in [1.165, 1.54) is 37.7 Å². The molecule has 2 atom stereocenters. The van der Waals surface area contributed by atoms with Gasteiger partial charge < -0.3 is 5.32 Å². The van der Waals surface area contributed by atoms with Crippen molar-refractivity contribution in [3.63, 3.8) is 0 Å². The second kappa shape index (κ2) is 7.06. The van der Waals surface area contributed by atoms with Gasteiger partial charge in [-0.05, 0) is 68.3 Å². The summed E-state index contributed by atoms with van der Waals surface area (Å²) in [5, 5.41) is 3.71. The number of benzene rings is 1. The van der Waals surface area contributed by atoms with Crippen molar-refractivity contribution >= 4 is 31.9 Å². The van der Waals surface area contributed by atoms with Crippen LogP contribution in [0.3, 0.4) is 0 Å². The highest BCUT2D eigenvalue weighted by atomic mass is 79.9. The minimum atomic E-state index is 0.714. The molecule has 1 saturated carbocycles. The van der Waals surface area contributed by atoms with Crippen molar-refractivity contribution in [1.82, 2.24) is 5.32 Å². The third kappa shape index (κ3) is 4.07. The van der Waals surface area contributed by atoms with Crippen LogP contribution < -0.4 is 5.32 Å². The predicted octanol–water partition coefficient (Wildman–Crippen LogP) is 5.27. The zero-order chi connectivity index (χ0) is 13.0. The Balaban J connectivity index is 1.85. The van der Waals surface area contributed by atoms with Crippen LogP contribution in [0.1, 0.15) is 44.6 Å². The number of hydrogen-bond donors (Lipinski definition) is 1. The lowest BCUT2D eigenvalue weighted by molar-refractivity contribution is 0.278. The Kier molecular flexibility index (Phi) is 5.71. The van der Waals surface area contributed by atoms with Crippen molar-refractivity contribution in [2.45, 2.75) is 51.6 Å². The molecule has 0 bridgehead atoms. The van der Waals surface area contributed by atoms with Crippen LogP contribution in [0.25, 0.3) is 0 Å². The summed E-state index contributed by atoms with van der Waals surface area (Å²) in [5.41, 5.74) is 1.35. The SMILES string of the molecule is CCC1CCCC(NCc2ccc(Br)c(Br)c2)C1. The zero-order valence-corrected chi connectivity index (χ0v) is 14.1. The zero-order valence-electron chi connectivity index (χ0n) is 10.9. The summed E-state index contributed by atoms with van der Waals surface area (Å²) in [4.78, 5) is 0. The third-order valence-corrected chi connectivity index (χ3v) is 5.82. The van der Waals surface area contributed by atoms with Crippen LogP contribution in [0.15, 0.2) is 27.1 Å². The van der Waals surface area contributed by atoms with E-state index in [-0.39, 0.29) is 0 Å². The molecule has 0 radical (unpaired) electrons. The molecule has 0 amide bonds. The van der Waals surface area contributed by atoms with Gasteiger partial charge in [-0.2, -0.15) is 0 Å². The monoisotopic (exact) mass is 373 g/mol. The van der Waals surface area contributed by atoms with Gasteiger partial charge in [0.2, 0.25) is 0 Å². The Hall–Kier alpha value is 0.140. The van der Waals surface area contributed by atoms with Crippen molar-refractivity contribution in [3.8, 4) is 0 Å². The summed E-state index contributed by atoms with van der Waals surface area (Å²) >= 11 is 7.07. The number of rotatable bonds is 4. The summed E-state index contributed by atoms with van der Waals surface area (Å²) in [5.74, 6) is 0.938. The van der Waals surface area contributed by atoms with Gasteiger partial charge in [0.1, 0.15) is 0 Å². The van der Waals surface area contributed by atoms with E-state index in [2.05, 4.69) is 62.3 Å². The highest BCUT2D eigenvalue weighted by molar-refractivity contribution is 9.13. The Bertz CT molecular complexity index is 392. The first kappa shape index (κ1) is 14.5. The smallest absolute Gasteiger partial charge is 0.0320 e. The molecule has 0 aromatic heterocycles. The van der Waals surface area contributed by atoms with Crippen LogP contribution in [-0.4, -0.2) is 6.04 Å². The lowest BCUT2D eigenvalue weighted by atomic mass is 9.84. The summed E-state index contributed by atoms with van der Waals surface area (Å²) in [6.07, 6.45) is 6.85. The van der Waals surface area contributed by atoms with Gasteiger partial charge in [-0.3, -0.25) is 0 Å². The fourth-order valence-electron chi connectivity index (χ4n) is 2.76. The molecule has 1 fully saturated rings. The summed E-state index contributed by atoms with van der Waals surface area (Å²) in [6.45, 7) is 3.30. The molecule has 0 saturated heterocycles. The molecule has 1 N–H and O–H groups in total. The van der Waals surface area contributed by atoms with E-state index in [1.807, 2.05) is 0 Å². The molecule has 0 spiro atoms. The quantitative estimate of drug-likeness (QED) is 0.756. The van der Waals surface area contributed by atoms with E-state index in [0.29, 0.717) is 6.04 Å². The van der Waals surface area contributed by atoms with Gasteiger partial charge >= 0.3 is 0 Å². The Labute approximate surface area is 127 Å². The Morgan fingerprint density at radius 3 is 2.78 bits per heavy atom. The summed E-state index contributed by atoms with van der Waals surface area (Å²) in [6, 6.07) is 7.20. The summed E-state index contributed by atoms with van der Waals surface area (Å²) < 4.78 is 2.26. The van der Waals surface area contributed by atoms with E-state index < -0.39 is 0 Å². The number of hydrogen-bond acceptors (Lipinski definition) is 1. The van der Waals surface area contributed by atoms with Crippen LogP contribution in [0.4, 0.5) is 0 Å². The maximum atomic E-state index is 3.71. The van der Waals surface area contributed by atoms with Crippen molar-refractivity contribution in [2.75, 3.05) is 0 Å². The Morgan fingerprint density at radius 2 is 2.06 bits per heavy atom. The van der Waals surface area contributed by atoms with Crippen molar-refractivity contribution in [3.05, 3.63) is 32.7 Å². The van der Waals surface area contributed by atoms with Crippen molar-refractivity contribution in [2.24, 2.45) is 5.92 Å². The first-order valence-electron chi connectivity index (χ1n) is 6.86. The molecule has 2 rings (SSSR count). The van der Waals surface area contributed by atoms with Gasteiger partial charge in [0.05, 0.1) is 0 Å². The lowest BCUT2D eigenvalue weighted by Crippen LogP contribution is -2.33. The normalized spacial score (nSPS) is 24.2. The van der Waals surface area contributed by atoms with E-state index in [9.17, 15) is 0 Å². The second-order valence-corrected chi connectivity index (χ2v) is 6.98. The topological polar surface area (TPSA) is 12.0 Å². The molecule has 0 heterocycles. The largest absolute Gasteiger partial charge is 0.310 e. The molecule has 1 aliphatic rings. The fraction of sp³-hybridized carbons (Fsp3) is 0.600. The minimum absolute atomic E-state index is 0.714. The highest BCUT2D eigenvalue weighted by Gasteiger charge is 2.19. The van der Waals surface area contributed by atoms with Gasteiger partial charge in [-0.1, -0.05) is 32.3 Å². The van der Waals surface area contributed by atoms with Gasteiger partial charge in [0.25, 0.3) is 0 Å². The van der Waals surface area contributed by atoms with Gasteiger partial charge in [0, 0.05) is 21.5 Å². The summed E-state index contributed by atoms with van der Waals surface area (Å²) in [7, 11) is 0. The molecular weight excluding hydrogens is 354 g/mol. The molecule has 2 unspecified atom stereocenters. The van der Waals surface area contributed by atoms with Gasteiger partial charge in [0.15, 0.2) is 0 Å². The molecule has 1 nitrogen and oxygen atoms in total. The molecule has 18 heavy (non-hydrogen) atoms.